The van der Waals surface area contributed by atoms with Crippen LogP contribution in [0.1, 0.15) is 6.42 Å². The Morgan fingerprint density at radius 2 is 2.40 bits per heavy atom. The van der Waals surface area contributed by atoms with Crippen molar-refractivity contribution in [3.8, 4) is 0 Å². The van der Waals surface area contributed by atoms with Crippen LogP contribution in [0.25, 0.3) is 0 Å². The largest absolute Gasteiger partial charge is 0.402 e. The zero-order valence-electron chi connectivity index (χ0n) is 5.80. The number of allylic oxidation sites excluding steroid dienone is 2. The van der Waals surface area contributed by atoms with Gasteiger partial charge in [0.15, 0.2) is 0 Å². The van der Waals surface area contributed by atoms with Gasteiger partial charge in [0.1, 0.15) is 11.9 Å². The second-order valence-electron chi connectivity index (χ2n) is 2.22. The molecule has 3 heteroatoms. The van der Waals surface area contributed by atoms with Crippen LogP contribution < -0.4 is 5.73 Å². The van der Waals surface area contributed by atoms with Gasteiger partial charge in [-0.25, -0.2) is 4.39 Å². The van der Waals surface area contributed by atoms with Gasteiger partial charge in [0.2, 0.25) is 0 Å². The van der Waals surface area contributed by atoms with Gasteiger partial charge in [-0.3, -0.25) is 0 Å². The highest BCUT2D eigenvalue weighted by Crippen LogP contribution is 2.19. The summed E-state index contributed by atoms with van der Waals surface area (Å²) >= 11 is 0. The van der Waals surface area contributed by atoms with E-state index in [-0.39, 0.29) is 5.83 Å². The van der Waals surface area contributed by atoms with Gasteiger partial charge in [-0.1, -0.05) is 0 Å². The minimum atomic E-state index is -0.468. The highest BCUT2D eigenvalue weighted by molar-refractivity contribution is 5.22. The van der Waals surface area contributed by atoms with E-state index >= 15 is 0 Å². The standard InChI is InChI=1S/C7H10FNO/c1-10-7-4-5(9)2-3-6(7)8/h2-3,7H,4,9H2,1H3. The minimum absolute atomic E-state index is 0.253. The van der Waals surface area contributed by atoms with E-state index in [0.29, 0.717) is 12.1 Å². The van der Waals surface area contributed by atoms with Crippen LogP contribution in [0, 0.1) is 0 Å². The number of rotatable bonds is 1. The third-order valence-electron chi connectivity index (χ3n) is 1.47. The molecule has 0 aromatic heterocycles. The van der Waals surface area contributed by atoms with E-state index in [0.717, 1.165) is 0 Å². The number of halogens is 1. The van der Waals surface area contributed by atoms with E-state index in [1.165, 1.54) is 13.2 Å². The predicted octanol–water partition coefficient (Wildman–Crippen LogP) is 1.10. The average molecular weight is 143 g/mol. The predicted molar refractivity (Wildman–Crippen MR) is 36.9 cm³/mol. The van der Waals surface area contributed by atoms with Crippen molar-refractivity contribution in [2.24, 2.45) is 5.73 Å². The fraction of sp³-hybridized carbons (Fsp3) is 0.429. The molecule has 0 aliphatic heterocycles. The fourth-order valence-electron chi connectivity index (χ4n) is 0.870. The van der Waals surface area contributed by atoms with Gasteiger partial charge < -0.3 is 10.5 Å². The molecule has 1 atom stereocenters. The SMILES string of the molecule is COC1CC(N)=CC=C1F. The molecule has 1 aliphatic rings. The van der Waals surface area contributed by atoms with Crippen molar-refractivity contribution in [3.63, 3.8) is 0 Å². The molecule has 0 bridgehead atoms. The van der Waals surface area contributed by atoms with Gasteiger partial charge in [-0.05, 0) is 12.2 Å². The smallest absolute Gasteiger partial charge is 0.129 e. The summed E-state index contributed by atoms with van der Waals surface area (Å²) in [6.07, 6.45) is 2.89. The highest BCUT2D eigenvalue weighted by Gasteiger charge is 2.16. The molecular weight excluding hydrogens is 133 g/mol. The topological polar surface area (TPSA) is 35.2 Å². The van der Waals surface area contributed by atoms with Crippen LogP contribution in [0.4, 0.5) is 4.39 Å². The van der Waals surface area contributed by atoms with Gasteiger partial charge >= 0.3 is 0 Å². The first-order chi connectivity index (χ1) is 4.74. The zero-order valence-corrected chi connectivity index (χ0v) is 5.80. The van der Waals surface area contributed by atoms with Crippen molar-refractivity contribution in [1.29, 1.82) is 0 Å². The highest BCUT2D eigenvalue weighted by atomic mass is 19.1. The third kappa shape index (κ3) is 1.36. The van der Waals surface area contributed by atoms with Gasteiger partial charge in [-0.2, -0.15) is 0 Å². The molecule has 0 aromatic rings. The van der Waals surface area contributed by atoms with Crippen LogP contribution in [0.15, 0.2) is 23.7 Å². The molecule has 10 heavy (non-hydrogen) atoms. The van der Waals surface area contributed by atoms with Crippen LogP contribution >= 0.6 is 0 Å². The second kappa shape index (κ2) is 2.84. The number of methoxy groups -OCH3 is 1. The van der Waals surface area contributed by atoms with E-state index in [1.807, 2.05) is 0 Å². The molecule has 0 saturated heterocycles. The monoisotopic (exact) mass is 143 g/mol. The number of hydrogen-bond acceptors (Lipinski definition) is 2. The van der Waals surface area contributed by atoms with Crippen molar-refractivity contribution < 1.29 is 9.13 Å². The summed E-state index contributed by atoms with van der Waals surface area (Å²) in [5.41, 5.74) is 6.09. The van der Waals surface area contributed by atoms with E-state index in [2.05, 4.69) is 0 Å². The Kier molecular flexibility index (Phi) is 2.06. The van der Waals surface area contributed by atoms with Crippen LogP contribution in [-0.4, -0.2) is 13.2 Å². The molecule has 56 valence electrons. The van der Waals surface area contributed by atoms with Gasteiger partial charge in [0, 0.05) is 19.2 Å². The molecular formula is C7H10FNO. The maximum Gasteiger partial charge on any atom is 0.129 e. The molecule has 0 radical (unpaired) electrons. The van der Waals surface area contributed by atoms with Gasteiger partial charge in [0.25, 0.3) is 0 Å². The maximum atomic E-state index is 12.7. The summed E-state index contributed by atoms with van der Waals surface area (Å²) < 4.78 is 17.5. The quantitative estimate of drug-likeness (QED) is 0.596. The Bertz CT molecular complexity index is 186. The van der Waals surface area contributed by atoms with E-state index in [9.17, 15) is 4.39 Å². The summed E-state index contributed by atoms with van der Waals surface area (Å²) in [6.45, 7) is 0. The normalized spacial score (nSPS) is 25.6. The Morgan fingerprint density at radius 3 is 2.90 bits per heavy atom. The third-order valence-corrected chi connectivity index (χ3v) is 1.47. The minimum Gasteiger partial charge on any atom is -0.402 e. The molecule has 0 fully saturated rings. The van der Waals surface area contributed by atoms with Crippen molar-refractivity contribution in [1.82, 2.24) is 0 Å². The van der Waals surface area contributed by atoms with Crippen molar-refractivity contribution in [2.75, 3.05) is 7.11 Å². The Hall–Kier alpha value is -0.830. The van der Waals surface area contributed by atoms with Crippen LogP contribution in [-0.2, 0) is 4.74 Å². The molecule has 1 unspecified atom stereocenters. The summed E-state index contributed by atoms with van der Waals surface area (Å²) in [6, 6.07) is 0. The molecule has 1 aliphatic carbocycles. The summed E-state index contributed by atoms with van der Waals surface area (Å²) in [5.74, 6) is -0.253. The molecule has 0 heterocycles. The maximum absolute atomic E-state index is 12.7. The molecule has 0 amide bonds. The lowest BCUT2D eigenvalue weighted by atomic mass is 10.1. The van der Waals surface area contributed by atoms with E-state index in [1.54, 1.807) is 6.08 Å². The summed E-state index contributed by atoms with van der Waals surface area (Å²) in [4.78, 5) is 0. The zero-order chi connectivity index (χ0) is 7.56. The molecule has 0 spiro atoms. The average Bonchev–Trinajstić information content (AvgIpc) is 1.94. The van der Waals surface area contributed by atoms with E-state index in [4.69, 9.17) is 10.5 Å². The Labute approximate surface area is 59.2 Å². The summed E-state index contributed by atoms with van der Waals surface area (Å²) in [7, 11) is 1.47. The number of nitrogens with two attached hydrogens (primary N) is 1. The van der Waals surface area contributed by atoms with Crippen LogP contribution in [0.3, 0.4) is 0 Å². The molecule has 2 nitrogen and oxygen atoms in total. The van der Waals surface area contributed by atoms with Crippen molar-refractivity contribution in [2.45, 2.75) is 12.5 Å². The van der Waals surface area contributed by atoms with Crippen molar-refractivity contribution in [3.05, 3.63) is 23.7 Å². The lowest BCUT2D eigenvalue weighted by molar-refractivity contribution is 0.110. The number of ether oxygens (including phenoxy) is 1. The van der Waals surface area contributed by atoms with Crippen LogP contribution in [0.5, 0.6) is 0 Å². The first-order valence-electron chi connectivity index (χ1n) is 3.08. The molecule has 0 saturated carbocycles. The molecule has 1 rings (SSSR count). The number of hydrogen-bond donors (Lipinski definition) is 1. The van der Waals surface area contributed by atoms with Gasteiger partial charge in [0.05, 0.1) is 0 Å². The Morgan fingerprint density at radius 1 is 1.70 bits per heavy atom. The summed E-state index contributed by atoms with van der Waals surface area (Å²) in [5, 5.41) is 0. The first kappa shape index (κ1) is 7.28. The fourth-order valence-corrected chi connectivity index (χ4v) is 0.870. The van der Waals surface area contributed by atoms with Crippen LogP contribution in [0.2, 0.25) is 0 Å². The molecule has 2 N–H and O–H groups in total. The first-order valence-corrected chi connectivity index (χ1v) is 3.08. The lowest BCUT2D eigenvalue weighted by Crippen LogP contribution is -2.18. The molecule has 0 aromatic carbocycles. The lowest BCUT2D eigenvalue weighted by Gasteiger charge is -2.16. The van der Waals surface area contributed by atoms with Gasteiger partial charge in [-0.15, -0.1) is 0 Å². The second-order valence-corrected chi connectivity index (χ2v) is 2.22. The Balaban J connectivity index is 2.68. The van der Waals surface area contributed by atoms with Crippen molar-refractivity contribution >= 4 is 0 Å². The van der Waals surface area contributed by atoms with E-state index < -0.39 is 6.10 Å².